The highest BCUT2D eigenvalue weighted by atomic mass is 16.5. The summed E-state index contributed by atoms with van der Waals surface area (Å²) in [6.45, 7) is 0.406. The van der Waals surface area contributed by atoms with Crippen molar-refractivity contribution in [2.45, 2.75) is 6.54 Å². The predicted molar refractivity (Wildman–Crippen MR) is 55.4 cm³/mol. The lowest BCUT2D eigenvalue weighted by atomic mass is 10.2. The number of aromatic nitrogens is 3. The molecule has 0 fully saturated rings. The second kappa shape index (κ2) is 4.10. The van der Waals surface area contributed by atoms with Gasteiger partial charge in [0.25, 0.3) is 0 Å². The van der Waals surface area contributed by atoms with E-state index < -0.39 is 0 Å². The van der Waals surface area contributed by atoms with Crippen molar-refractivity contribution in [1.29, 1.82) is 0 Å². The molecule has 0 aliphatic carbocycles. The molecule has 2 heterocycles. The Hall–Kier alpha value is -1.88. The number of nitrogens with two attached hydrogens (primary N) is 1. The van der Waals surface area contributed by atoms with Crippen LogP contribution < -0.4 is 10.5 Å². The Kier molecular flexibility index (Phi) is 2.64. The SMILES string of the molecule is Cn1cc(Oc2ccncc2CN)cn1. The quantitative estimate of drug-likeness (QED) is 0.812. The van der Waals surface area contributed by atoms with Gasteiger partial charge in [0.05, 0.1) is 12.4 Å². The van der Waals surface area contributed by atoms with E-state index in [1.165, 1.54) is 0 Å². The van der Waals surface area contributed by atoms with E-state index in [0.29, 0.717) is 12.3 Å². The molecule has 0 bridgehead atoms. The summed E-state index contributed by atoms with van der Waals surface area (Å²) < 4.78 is 7.30. The Morgan fingerprint density at radius 2 is 2.33 bits per heavy atom. The molecular formula is C10H12N4O. The second-order valence-corrected chi connectivity index (χ2v) is 3.14. The van der Waals surface area contributed by atoms with Gasteiger partial charge in [-0.1, -0.05) is 0 Å². The van der Waals surface area contributed by atoms with Crippen molar-refractivity contribution in [3.05, 3.63) is 36.4 Å². The summed E-state index contributed by atoms with van der Waals surface area (Å²) in [4.78, 5) is 3.98. The highest BCUT2D eigenvalue weighted by molar-refractivity contribution is 5.33. The third-order valence-electron chi connectivity index (χ3n) is 1.99. The van der Waals surface area contributed by atoms with Crippen molar-refractivity contribution in [2.24, 2.45) is 12.8 Å². The number of rotatable bonds is 3. The van der Waals surface area contributed by atoms with Crippen LogP contribution >= 0.6 is 0 Å². The minimum atomic E-state index is 0.406. The molecular weight excluding hydrogens is 192 g/mol. The van der Waals surface area contributed by atoms with Gasteiger partial charge in [-0.05, 0) is 6.07 Å². The molecule has 2 aromatic rings. The van der Waals surface area contributed by atoms with Gasteiger partial charge >= 0.3 is 0 Å². The molecule has 0 saturated carbocycles. The fourth-order valence-corrected chi connectivity index (χ4v) is 1.25. The largest absolute Gasteiger partial charge is 0.454 e. The number of nitrogens with zero attached hydrogens (tertiary/aromatic N) is 3. The summed E-state index contributed by atoms with van der Waals surface area (Å²) in [5.41, 5.74) is 6.44. The maximum absolute atomic E-state index is 5.62. The Morgan fingerprint density at radius 1 is 1.47 bits per heavy atom. The zero-order valence-electron chi connectivity index (χ0n) is 8.42. The molecule has 2 rings (SSSR count). The second-order valence-electron chi connectivity index (χ2n) is 3.14. The minimum absolute atomic E-state index is 0.406. The number of pyridine rings is 1. The molecule has 5 heteroatoms. The predicted octanol–water partition coefficient (Wildman–Crippen LogP) is 1.07. The van der Waals surface area contributed by atoms with E-state index in [4.69, 9.17) is 10.5 Å². The van der Waals surface area contributed by atoms with Crippen LogP contribution in [0.3, 0.4) is 0 Å². The molecule has 78 valence electrons. The van der Waals surface area contributed by atoms with Gasteiger partial charge in [-0.15, -0.1) is 0 Å². The maximum atomic E-state index is 5.62. The van der Waals surface area contributed by atoms with Gasteiger partial charge in [-0.25, -0.2) is 0 Å². The first-order chi connectivity index (χ1) is 7.29. The fourth-order valence-electron chi connectivity index (χ4n) is 1.25. The standard InChI is InChI=1S/C10H12N4O/c1-14-7-9(6-13-14)15-10-2-3-12-5-8(10)4-11/h2-3,5-7H,4,11H2,1H3. The zero-order chi connectivity index (χ0) is 10.7. The normalized spacial score (nSPS) is 10.3. The molecule has 0 aromatic carbocycles. The van der Waals surface area contributed by atoms with Gasteiger partial charge in [0, 0.05) is 31.5 Å². The van der Waals surface area contributed by atoms with Crippen LogP contribution in [0.25, 0.3) is 0 Å². The molecule has 2 aromatic heterocycles. The molecule has 0 aliphatic rings. The van der Waals surface area contributed by atoms with Gasteiger partial charge in [0.2, 0.25) is 0 Å². The summed E-state index contributed by atoms with van der Waals surface area (Å²) in [7, 11) is 1.84. The summed E-state index contributed by atoms with van der Waals surface area (Å²) in [6.07, 6.45) is 6.82. The molecule has 0 saturated heterocycles. The van der Waals surface area contributed by atoms with E-state index in [-0.39, 0.29) is 0 Å². The maximum Gasteiger partial charge on any atom is 0.165 e. The van der Waals surface area contributed by atoms with Crippen molar-refractivity contribution in [1.82, 2.24) is 14.8 Å². The van der Waals surface area contributed by atoms with E-state index in [2.05, 4.69) is 10.1 Å². The lowest BCUT2D eigenvalue weighted by molar-refractivity contribution is 0.475. The van der Waals surface area contributed by atoms with Crippen molar-refractivity contribution >= 4 is 0 Å². The summed E-state index contributed by atoms with van der Waals surface area (Å²) in [5, 5.41) is 4.01. The van der Waals surface area contributed by atoms with Crippen LogP contribution in [0.15, 0.2) is 30.9 Å². The van der Waals surface area contributed by atoms with E-state index in [0.717, 1.165) is 11.3 Å². The Labute approximate surface area is 87.5 Å². The lowest BCUT2D eigenvalue weighted by Gasteiger charge is -2.06. The smallest absolute Gasteiger partial charge is 0.165 e. The van der Waals surface area contributed by atoms with Crippen LogP contribution in [-0.4, -0.2) is 14.8 Å². The van der Waals surface area contributed by atoms with E-state index in [1.54, 1.807) is 35.5 Å². The monoisotopic (exact) mass is 204 g/mol. The van der Waals surface area contributed by atoms with Crippen LogP contribution in [0.2, 0.25) is 0 Å². The van der Waals surface area contributed by atoms with Crippen LogP contribution in [0.4, 0.5) is 0 Å². The fraction of sp³-hybridized carbons (Fsp3) is 0.200. The summed E-state index contributed by atoms with van der Waals surface area (Å²) >= 11 is 0. The van der Waals surface area contributed by atoms with E-state index in [1.807, 2.05) is 7.05 Å². The average Bonchev–Trinajstić information content (AvgIpc) is 2.65. The van der Waals surface area contributed by atoms with Gasteiger partial charge in [-0.3, -0.25) is 9.67 Å². The van der Waals surface area contributed by atoms with Crippen LogP contribution in [-0.2, 0) is 13.6 Å². The molecule has 0 aliphatic heterocycles. The first kappa shape index (κ1) is 9.67. The minimum Gasteiger partial charge on any atom is -0.454 e. The topological polar surface area (TPSA) is 66.0 Å². The molecule has 0 atom stereocenters. The Balaban J connectivity index is 2.23. The first-order valence-corrected chi connectivity index (χ1v) is 4.59. The van der Waals surface area contributed by atoms with E-state index in [9.17, 15) is 0 Å². The van der Waals surface area contributed by atoms with E-state index >= 15 is 0 Å². The zero-order valence-corrected chi connectivity index (χ0v) is 8.42. The molecule has 0 spiro atoms. The Morgan fingerprint density at radius 3 is 3.00 bits per heavy atom. The molecule has 2 N–H and O–H groups in total. The number of hydrogen-bond donors (Lipinski definition) is 1. The molecule has 0 radical (unpaired) electrons. The van der Waals surface area contributed by atoms with Crippen LogP contribution in [0.5, 0.6) is 11.5 Å². The number of hydrogen-bond acceptors (Lipinski definition) is 4. The first-order valence-electron chi connectivity index (χ1n) is 4.59. The molecule has 0 unspecified atom stereocenters. The van der Waals surface area contributed by atoms with Crippen molar-refractivity contribution in [3.8, 4) is 11.5 Å². The molecule has 0 amide bonds. The van der Waals surface area contributed by atoms with Gasteiger partial charge < -0.3 is 10.5 Å². The average molecular weight is 204 g/mol. The number of aryl methyl sites for hydroxylation is 1. The highest BCUT2D eigenvalue weighted by Gasteiger charge is 2.04. The van der Waals surface area contributed by atoms with Crippen molar-refractivity contribution in [3.63, 3.8) is 0 Å². The van der Waals surface area contributed by atoms with Gasteiger partial charge in [-0.2, -0.15) is 5.10 Å². The van der Waals surface area contributed by atoms with Crippen LogP contribution in [0, 0.1) is 0 Å². The van der Waals surface area contributed by atoms with Crippen LogP contribution in [0.1, 0.15) is 5.56 Å². The lowest BCUT2D eigenvalue weighted by Crippen LogP contribution is -1.99. The summed E-state index contributed by atoms with van der Waals surface area (Å²) in [5.74, 6) is 1.42. The number of ether oxygens (including phenoxy) is 1. The van der Waals surface area contributed by atoms with Gasteiger partial charge in [0.1, 0.15) is 5.75 Å². The van der Waals surface area contributed by atoms with Crippen molar-refractivity contribution < 1.29 is 4.74 Å². The van der Waals surface area contributed by atoms with Gasteiger partial charge in [0.15, 0.2) is 5.75 Å². The summed E-state index contributed by atoms with van der Waals surface area (Å²) in [6, 6.07) is 1.79. The Bertz CT molecular complexity index is 452. The highest BCUT2D eigenvalue weighted by Crippen LogP contribution is 2.23. The molecule has 15 heavy (non-hydrogen) atoms. The molecule has 5 nitrogen and oxygen atoms in total. The third kappa shape index (κ3) is 2.13. The van der Waals surface area contributed by atoms with Crippen molar-refractivity contribution in [2.75, 3.05) is 0 Å². The third-order valence-corrected chi connectivity index (χ3v) is 1.99.